The lowest BCUT2D eigenvalue weighted by molar-refractivity contribution is -0.137. The smallest absolute Gasteiger partial charge is 0.236 e. The summed E-state index contributed by atoms with van der Waals surface area (Å²) < 4.78 is 5.25. The minimum atomic E-state index is 0.232. The normalized spacial score (nSPS) is 31.5. The van der Waals surface area contributed by atoms with Crippen LogP contribution in [0.5, 0.6) is 0 Å². The number of amides is 1. The Morgan fingerprint density at radius 3 is 2.71 bits per heavy atom. The summed E-state index contributed by atoms with van der Waals surface area (Å²) in [5, 5.41) is 0. The summed E-state index contributed by atoms with van der Waals surface area (Å²) in [7, 11) is 0. The van der Waals surface area contributed by atoms with Crippen LogP contribution < -0.4 is 5.73 Å². The van der Waals surface area contributed by atoms with E-state index >= 15 is 0 Å². The second-order valence-corrected chi connectivity index (χ2v) is 5.10. The van der Waals surface area contributed by atoms with Crippen LogP contribution >= 0.6 is 0 Å². The van der Waals surface area contributed by atoms with Crippen molar-refractivity contribution in [3.05, 3.63) is 0 Å². The van der Waals surface area contributed by atoms with Crippen LogP contribution in [0.3, 0.4) is 0 Å². The van der Waals surface area contributed by atoms with Gasteiger partial charge in [0.25, 0.3) is 0 Å². The molecule has 2 rings (SSSR count). The Hall–Kier alpha value is -0.650. The lowest BCUT2D eigenvalue weighted by atomic mass is 9.99. The molecule has 0 spiro atoms. The average molecular weight is 241 g/mol. The van der Waals surface area contributed by atoms with E-state index in [9.17, 15) is 4.79 Å². The summed E-state index contributed by atoms with van der Waals surface area (Å²) in [5.74, 6) is 0.232. The Labute approximate surface area is 103 Å². The third kappa shape index (κ3) is 3.40. The molecule has 1 amide bonds. The van der Waals surface area contributed by atoms with Crippen molar-refractivity contribution in [3.63, 3.8) is 0 Å². The molecule has 2 unspecified atom stereocenters. The molecule has 0 aliphatic carbocycles. The Balaban J connectivity index is 1.81. The van der Waals surface area contributed by atoms with Gasteiger partial charge in [0, 0.05) is 31.7 Å². The number of carbonyl (C=O) groups excluding carboxylic acids is 1. The third-order valence-corrected chi connectivity index (χ3v) is 3.76. The van der Waals surface area contributed by atoms with E-state index in [0.29, 0.717) is 31.8 Å². The number of carbonyl (C=O) groups is 1. The minimum absolute atomic E-state index is 0.232. The fraction of sp³-hybridized carbons (Fsp3) is 0.917. The predicted octanol–water partition coefficient (Wildman–Crippen LogP) is -0.343. The fourth-order valence-corrected chi connectivity index (χ4v) is 2.58. The van der Waals surface area contributed by atoms with Crippen molar-refractivity contribution in [1.82, 2.24) is 9.80 Å². The summed E-state index contributed by atoms with van der Waals surface area (Å²) in [4.78, 5) is 16.2. The van der Waals surface area contributed by atoms with Gasteiger partial charge >= 0.3 is 0 Å². The first-order valence-electron chi connectivity index (χ1n) is 6.52. The van der Waals surface area contributed by atoms with Gasteiger partial charge in [0.1, 0.15) is 0 Å². The number of piperidine rings is 1. The number of nitrogens with two attached hydrogens (primary N) is 1. The number of morpholine rings is 1. The maximum atomic E-state index is 12.1. The van der Waals surface area contributed by atoms with Crippen LogP contribution in [0.2, 0.25) is 0 Å². The maximum absolute atomic E-state index is 12.1. The van der Waals surface area contributed by atoms with Crippen LogP contribution in [-0.4, -0.2) is 67.2 Å². The monoisotopic (exact) mass is 241 g/mol. The molecule has 2 N–H and O–H groups in total. The summed E-state index contributed by atoms with van der Waals surface area (Å²) in [6.45, 7) is 6.46. The predicted molar refractivity (Wildman–Crippen MR) is 65.6 cm³/mol. The molecular formula is C12H23N3O2. The number of ether oxygens (including phenoxy) is 1. The average Bonchev–Trinajstić information content (AvgIpc) is 2.34. The SMILES string of the molecule is CC1CC(N)CCN1CC(=O)N1CCOCC1. The summed E-state index contributed by atoms with van der Waals surface area (Å²) in [6, 6.07) is 0.725. The highest BCUT2D eigenvalue weighted by Crippen LogP contribution is 2.15. The third-order valence-electron chi connectivity index (χ3n) is 3.76. The van der Waals surface area contributed by atoms with E-state index < -0.39 is 0 Å². The molecule has 2 heterocycles. The van der Waals surface area contributed by atoms with Crippen LogP contribution in [0.1, 0.15) is 19.8 Å². The molecule has 98 valence electrons. The lowest BCUT2D eigenvalue weighted by Gasteiger charge is -2.37. The first-order chi connectivity index (χ1) is 8.16. The van der Waals surface area contributed by atoms with Crippen LogP contribution in [0, 0.1) is 0 Å². The van der Waals surface area contributed by atoms with Gasteiger partial charge in [0.2, 0.25) is 5.91 Å². The van der Waals surface area contributed by atoms with E-state index in [1.54, 1.807) is 0 Å². The molecule has 2 atom stereocenters. The van der Waals surface area contributed by atoms with Gasteiger partial charge in [-0.1, -0.05) is 0 Å². The van der Waals surface area contributed by atoms with E-state index in [1.165, 1.54) is 0 Å². The molecule has 17 heavy (non-hydrogen) atoms. The van der Waals surface area contributed by atoms with Gasteiger partial charge in [-0.05, 0) is 19.8 Å². The quantitative estimate of drug-likeness (QED) is 0.718. The maximum Gasteiger partial charge on any atom is 0.236 e. The number of rotatable bonds is 2. The van der Waals surface area contributed by atoms with Crippen LogP contribution in [0.15, 0.2) is 0 Å². The van der Waals surface area contributed by atoms with Crippen molar-refractivity contribution < 1.29 is 9.53 Å². The van der Waals surface area contributed by atoms with E-state index in [1.807, 2.05) is 4.90 Å². The zero-order chi connectivity index (χ0) is 12.3. The molecule has 0 radical (unpaired) electrons. The van der Waals surface area contributed by atoms with Gasteiger partial charge in [-0.2, -0.15) is 0 Å². The Morgan fingerprint density at radius 2 is 2.06 bits per heavy atom. The van der Waals surface area contributed by atoms with E-state index in [-0.39, 0.29) is 5.91 Å². The van der Waals surface area contributed by atoms with Crippen molar-refractivity contribution in [2.75, 3.05) is 39.4 Å². The van der Waals surface area contributed by atoms with Gasteiger partial charge in [-0.25, -0.2) is 0 Å². The van der Waals surface area contributed by atoms with Crippen molar-refractivity contribution in [3.8, 4) is 0 Å². The van der Waals surface area contributed by atoms with E-state index in [2.05, 4.69) is 11.8 Å². The molecule has 0 aromatic heterocycles. The Morgan fingerprint density at radius 1 is 1.35 bits per heavy atom. The van der Waals surface area contributed by atoms with Crippen molar-refractivity contribution in [2.24, 2.45) is 5.73 Å². The molecule has 0 bridgehead atoms. The van der Waals surface area contributed by atoms with Crippen LogP contribution in [0.4, 0.5) is 0 Å². The highest BCUT2D eigenvalue weighted by molar-refractivity contribution is 5.78. The molecular weight excluding hydrogens is 218 g/mol. The van der Waals surface area contributed by atoms with Crippen molar-refractivity contribution >= 4 is 5.91 Å². The summed E-state index contributed by atoms with van der Waals surface area (Å²) in [6.07, 6.45) is 2.00. The Kier molecular flexibility index (Phi) is 4.36. The van der Waals surface area contributed by atoms with Gasteiger partial charge in [0.15, 0.2) is 0 Å². The topological polar surface area (TPSA) is 58.8 Å². The molecule has 0 aromatic carbocycles. The number of hydrogen-bond donors (Lipinski definition) is 1. The molecule has 2 aliphatic rings. The molecule has 5 heteroatoms. The molecule has 5 nitrogen and oxygen atoms in total. The standard InChI is InChI=1S/C12H23N3O2/c1-10-8-11(13)2-3-15(10)9-12(16)14-4-6-17-7-5-14/h10-11H,2-9,13H2,1H3. The fourth-order valence-electron chi connectivity index (χ4n) is 2.58. The van der Waals surface area contributed by atoms with Crippen LogP contribution in [0.25, 0.3) is 0 Å². The number of likely N-dealkylation sites (tertiary alicyclic amines) is 1. The second kappa shape index (κ2) is 5.80. The van der Waals surface area contributed by atoms with Crippen molar-refractivity contribution in [1.29, 1.82) is 0 Å². The van der Waals surface area contributed by atoms with Crippen LogP contribution in [-0.2, 0) is 9.53 Å². The molecule has 2 aliphatic heterocycles. The van der Waals surface area contributed by atoms with Gasteiger partial charge in [-0.15, -0.1) is 0 Å². The zero-order valence-corrected chi connectivity index (χ0v) is 10.6. The first-order valence-corrected chi connectivity index (χ1v) is 6.52. The van der Waals surface area contributed by atoms with E-state index in [0.717, 1.165) is 32.5 Å². The largest absolute Gasteiger partial charge is 0.378 e. The van der Waals surface area contributed by atoms with Gasteiger partial charge in [-0.3, -0.25) is 9.69 Å². The molecule has 2 saturated heterocycles. The van der Waals surface area contributed by atoms with E-state index in [4.69, 9.17) is 10.5 Å². The van der Waals surface area contributed by atoms with Gasteiger partial charge < -0.3 is 15.4 Å². The Bertz CT molecular complexity index is 266. The summed E-state index contributed by atoms with van der Waals surface area (Å²) in [5.41, 5.74) is 5.92. The highest BCUT2D eigenvalue weighted by atomic mass is 16.5. The second-order valence-electron chi connectivity index (χ2n) is 5.10. The number of nitrogens with zero attached hydrogens (tertiary/aromatic N) is 2. The number of hydrogen-bond acceptors (Lipinski definition) is 4. The van der Waals surface area contributed by atoms with Gasteiger partial charge in [0.05, 0.1) is 19.8 Å². The first kappa shape index (κ1) is 12.8. The summed E-state index contributed by atoms with van der Waals surface area (Å²) >= 11 is 0. The molecule has 2 fully saturated rings. The highest BCUT2D eigenvalue weighted by Gasteiger charge is 2.26. The molecule has 0 saturated carbocycles. The lowest BCUT2D eigenvalue weighted by Crippen LogP contribution is -2.51. The van der Waals surface area contributed by atoms with Crippen molar-refractivity contribution in [2.45, 2.75) is 31.8 Å². The molecule has 0 aromatic rings. The zero-order valence-electron chi connectivity index (χ0n) is 10.6. The minimum Gasteiger partial charge on any atom is -0.378 e.